The van der Waals surface area contributed by atoms with Gasteiger partial charge in [0.05, 0.1) is 4.91 Å². The van der Waals surface area contributed by atoms with E-state index in [9.17, 15) is 19.2 Å². The van der Waals surface area contributed by atoms with Crippen LogP contribution in [0.1, 0.15) is 37.1 Å². The number of hydrogen-bond donors (Lipinski definition) is 4. The molecule has 4 N–H and O–H groups in total. The fourth-order valence-corrected chi connectivity index (χ4v) is 5.05. The van der Waals surface area contributed by atoms with Crippen molar-refractivity contribution in [2.75, 3.05) is 12.3 Å². The van der Waals surface area contributed by atoms with Gasteiger partial charge in [0.15, 0.2) is 0 Å². The minimum atomic E-state index is -1.33. The van der Waals surface area contributed by atoms with Crippen LogP contribution in [0.25, 0.3) is 17.4 Å². The number of nitrogens with one attached hydrogen (secondary N) is 2. The first kappa shape index (κ1) is 26.1. The predicted octanol–water partition coefficient (Wildman–Crippen LogP) is 3.75. The highest BCUT2D eigenvalue weighted by molar-refractivity contribution is 8.26. The summed E-state index contributed by atoms with van der Waals surface area (Å²) in [6.45, 7) is 0.251. The molecule has 2 aromatic heterocycles. The first-order chi connectivity index (χ1) is 17.7. The Labute approximate surface area is 223 Å². The second kappa shape index (κ2) is 11.4. The van der Waals surface area contributed by atoms with Crippen molar-refractivity contribution in [2.24, 2.45) is 0 Å². The lowest BCUT2D eigenvalue weighted by Gasteiger charge is -2.07. The number of amides is 2. The van der Waals surface area contributed by atoms with Crippen molar-refractivity contribution in [1.82, 2.24) is 15.6 Å². The van der Waals surface area contributed by atoms with Gasteiger partial charge >= 0.3 is 11.9 Å². The molecular formula is C24H17N3O7S3. The van der Waals surface area contributed by atoms with Gasteiger partial charge in [-0.3, -0.25) is 9.59 Å². The lowest BCUT2D eigenvalue weighted by Crippen LogP contribution is -2.25. The molecule has 3 heterocycles. The highest BCUT2D eigenvalue weighted by atomic mass is 32.2. The van der Waals surface area contributed by atoms with Crippen LogP contribution in [0.5, 0.6) is 0 Å². The highest BCUT2D eigenvalue weighted by Crippen LogP contribution is 2.29. The van der Waals surface area contributed by atoms with Crippen LogP contribution < -0.4 is 10.6 Å². The molecule has 0 unspecified atom stereocenters. The van der Waals surface area contributed by atoms with Crippen LogP contribution in [0, 0.1) is 0 Å². The van der Waals surface area contributed by atoms with Gasteiger partial charge in [-0.05, 0) is 36.4 Å². The Balaban J connectivity index is 1.36. The molecule has 2 amide bonds. The number of furan rings is 1. The number of nitrogens with zero attached hydrogens (tertiary/aromatic N) is 1. The average molecular weight is 556 g/mol. The van der Waals surface area contributed by atoms with Gasteiger partial charge in [-0.1, -0.05) is 36.1 Å². The minimum Gasteiger partial charge on any atom is -0.477 e. The summed E-state index contributed by atoms with van der Waals surface area (Å²) in [5.41, 5.74) is 0.341. The number of thiocarbonyl (C=S) groups is 1. The van der Waals surface area contributed by atoms with Crippen molar-refractivity contribution >= 4 is 69.9 Å². The van der Waals surface area contributed by atoms with E-state index in [1.165, 1.54) is 23.9 Å². The number of aromatic nitrogens is 1. The fraction of sp³-hybridized carbons (Fsp3) is 0.0833. The molecule has 0 spiro atoms. The minimum absolute atomic E-state index is 0.251. The van der Waals surface area contributed by atoms with Crippen LogP contribution in [-0.2, 0) is 4.79 Å². The van der Waals surface area contributed by atoms with Crippen molar-refractivity contribution in [1.29, 1.82) is 0 Å². The second-order valence-corrected chi connectivity index (χ2v) is 10.3. The third-order valence-electron chi connectivity index (χ3n) is 4.84. The van der Waals surface area contributed by atoms with Gasteiger partial charge in [-0.25, -0.2) is 14.6 Å². The lowest BCUT2D eigenvalue weighted by atomic mass is 10.1. The van der Waals surface area contributed by atoms with E-state index in [2.05, 4.69) is 15.6 Å². The molecule has 0 radical (unpaired) electrons. The quantitative estimate of drug-likeness (QED) is 0.132. The van der Waals surface area contributed by atoms with Gasteiger partial charge < -0.3 is 25.3 Å². The summed E-state index contributed by atoms with van der Waals surface area (Å²) in [4.78, 5) is 51.3. The number of aromatic carboxylic acids is 2. The molecule has 4 rings (SSSR count). The first-order valence-corrected chi connectivity index (χ1v) is 12.8. The number of carbonyl (C=O) groups excluding carboxylic acids is 2. The maximum atomic E-state index is 12.6. The van der Waals surface area contributed by atoms with Crippen LogP contribution in [0.4, 0.5) is 0 Å². The summed E-state index contributed by atoms with van der Waals surface area (Å²) in [6.07, 6.45) is 1.60. The number of thioether (sulfide) groups is 2. The maximum Gasteiger partial charge on any atom is 0.354 e. The van der Waals surface area contributed by atoms with Crippen molar-refractivity contribution in [3.8, 4) is 11.3 Å². The molecule has 1 aromatic carbocycles. The van der Waals surface area contributed by atoms with Crippen LogP contribution in [0.3, 0.4) is 0 Å². The van der Waals surface area contributed by atoms with Gasteiger partial charge in [0.1, 0.15) is 27.2 Å². The predicted molar refractivity (Wildman–Crippen MR) is 142 cm³/mol. The zero-order valence-electron chi connectivity index (χ0n) is 18.7. The summed E-state index contributed by atoms with van der Waals surface area (Å²) >= 11 is 7.33. The second-order valence-electron chi connectivity index (χ2n) is 7.42. The Bertz CT molecular complexity index is 1430. The van der Waals surface area contributed by atoms with E-state index in [-0.39, 0.29) is 29.7 Å². The van der Waals surface area contributed by atoms with Crippen molar-refractivity contribution in [3.63, 3.8) is 0 Å². The largest absolute Gasteiger partial charge is 0.477 e. The van der Waals surface area contributed by atoms with E-state index in [0.717, 1.165) is 11.8 Å². The lowest BCUT2D eigenvalue weighted by molar-refractivity contribution is -0.115. The van der Waals surface area contributed by atoms with E-state index in [4.69, 9.17) is 26.8 Å². The molecule has 37 heavy (non-hydrogen) atoms. The maximum absolute atomic E-state index is 12.6. The summed E-state index contributed by atoms with van der Waals surface area (Å²) in [6, 6.07) is 12.8. The van der Waals surface area contributed by atoms with Crippen LogP contribution in [0.2, 0.25) is 0 Å². The van der Waals surface area contributed by atoms with E-state index in [1.807, 2.05) is 0 Å². The Morgan fingerprint density at radius 3 is 2.49 bits per heavy atom. The molecule has 13 heteroatoms. The number of carbonyl (C=O) groups is 4. The molecule has 1 aliphatic heterocycles. The Kier molecular flexibility index (Phi) is 8.06. The number of pyridine rings is 1. The summed E-state index contributed by atoms with van der Waals surface area (Å²) in [5.74, 6) is -1.90. The van der Waals surface area contributed by atoms with Gasteiger partial charge in [0.25, 0.3) is 11.8 Å². The fourth-order valence-electron chi connectivity index (χ4n) is 3.19. The number of carboxylic acids is 2. The van der Waals surface area contributed by atoms with Crippen LogP contribution in [0.15, 0.2) is 62.7 Å². The van der Waals surface area contributed by atoms with Gasteiger partial charge in [-0.2, -0.15) is 0 Å². The Morgan fingerprint density at radius 1 is 1.11 bits per heavy atom. The van der Waals surface area contributed by atoms with Crippen LogP contribution in [-0.4, -0.2) is 55.6 Å². The first-order valence-electron chi connectivity index (χ1n) is 10.5. The van der Waals surface area contributed by atoms with Crippen molar-refractivity contribution in [2.45, 2.75) is 4.90 Å². The zero-order valence-corrected chi connectivity index (χ0v) is 21.2. The molecule has 1 fully saturated rings. The smallest absolute Gasteiger partial charge is 0.354 e. The van der Waals surface area contributed by atoms with E-state index in [0.29, 0.717) is 42.5 Å². The van der Waals surface area contributed by atoms with E-state index in [1.54, 1.807) is 42.5 Å². The molecule has 0 aliphatic carbocycles. The highest BCUT2D eigenvalue weighted by Gasteiger charge is 2.22. The average Bonchev–Trinajstić information content (AvgIpc) is 3.47. The molecule has 0 saturated carbocycles. The third kappa shape index (κ3) is 6.64. The molecule has 0 bridgehead atoms. The van der Waals surface area contributed by atoms with E-state index < -0.39 is 11.9 Å². The third-order valence-corrected chi connectivity index (χ3v) is 6.98. The van der Waals surface area contributed by atoms with Crippen molar-refractivity contribution < 1.29 is 33.8 Å². The molecule has 1 saturated heterocycles. The zero-order chi connectivity index (χ0) is 26.5. The number of carboxylic acid groups (broad SMARTS) is 2. The van der Waals surface area contributed by atoms with Crippen molar-refractivity contribution in [3.05, 3.63) is 76.1 Å². The Morgan fingerprint density at radius 2 is 1.84 bits per heavy atom. The van der Waals surface area contributed by atoms with Crippen LogP contribution >= 0.6 is 35.7 Å². The Hall–Kier alpha value is -3.94. The van der Waals surface area contributed by atoms with E-state index >= 15 is 0 Å². The summed E-state index contributed by atoms with van der Waals surface area (Å²) in [7, 11) is 0. The molecule has 3 aromatic rings. The molecule has 10 nitrogen and oxygen atoms in total. The number of hydrogen-bond acceptors (Lipinski definition) is 9. The molecular weight excluding hydrogens is 538 g/mol. The summed E-state index contributed by atoms with van der Waals surface area (Å²) in [5, 5.41) is 23.6. The molecule has 1 aliphatic rings. The molecule has 0 atom stereocenters. The van der Waals surface area contributed by atoms with Gasteiger partial charge in [0.2, 0.25) is 0 Å². The monoisotopic (exact) mass is 555 g/mol. The number of benzene rings is 1. The normalized spacial score (nSPS) is 14.0. The van der Waals surface area contributed by atoms with Gasteiger partial charge in [0, 0.05) is 34.4 Å². The summed E-state index contributed by atoms with van der Waals surface area (Å²) < 4.78 is 6.20. The topological polar surface area (TPSA) is 159 Å². The SMILES string of the molecule is O=C1NC(=S)S/C1=C/c1ccc(-c2cccc(C(=O)NCCSc3cc(C(=O)O)nc(C(=O)O)c3)c2)o1. The standard InChI is InChI=1S/C24H17N3O7S3/c28-20(25-6-7-36-15-10-16(22(30)31)26-17(11-15)23(32)33)13-3-1-2-12(8-13)18-5-4-14(34-18)9-19-21(29)27-24(35)37-19/h1-5,8-11H,6-7H2,(H,25,28)(H,30,31)(H,32,33)(H,27,29,35)/b19-9+. The number of rotatable bonds is 9. The van der Waals surface area contributed by atoms with Gasteiger partial charge in [-0.15, -0.1) is 11.8 Å². The molecule has 188 valence electrons.